The van der Waals surface area contributed by atoms with Gasteiger partial charge in [-0.3, -0.25) is 13.6 Å². The molecule has 22 heteroatoms. The Bertz CT molecular complexity index is 1160. The van der Waals surface area contributed by atoms with Crippen LogP contribution in [0.15, 0.2) is 12.7 Å². The molecule has 2 aromatic heterocycles. The molecule has 19 nitrogen and oxygen atoms in total. The molecule has 0 radical (unpaired) electrons. The summed E-state index contributed by atoms with van der Waals surface area (Å²) < 4.78 is 58.5. The predicted molar refractivity (Wildman–Crippen MR) is 108 cm³/mol. The first-order chi connectivity index (χ1) is 15.8. The van der Waals surface area contributed by atoms with Crippen LogP contribution in [0.2, 0.25) is 0 Å². The van der Waals surface area contributed by atoms with Gasteiger partial charge in [-0.15, -0.1) is 0 Å². The Morgan fingerprint density at radius 3 is 2.29 bits per heavy atom. The zero-order chi connectivity index (χ0) is 25.3. The van der Waals surface area contributed by atoms with Gasteiger partial charge in [0.05, 0.1) is 19.5 Å². The van der Waals surface area contributed by atoms with E-state index in [2.05, 4.69) is 32.6 Å². The Labute approximate surface area is 190 Å². The Morgan fingerprint density at radius 2 is 1.65 bits per heavy atom. The molecule has 3 rings (SSSR count). The molecule has 1 aliphatic rings. The lowest BCUT2D eigenvalue weighted by atomic mass is 10.1. The van der Waals surface area contributed by atoms with Crippen LogP contribution in [0.5, 0.6) is 0 Å². The van der Waals surface area contributed by atoms with E-state index in [1.54, 1.807) is 0 Å². The summed E-state index contributed by atoms with van der Waals surface area (Å²) in [6, 6.07) is 0. The molecule has 1 aliphatic heterocycles. The monoisotopic (exact) mass is 550 g/mol. The van der Waals surface area contributed by atoms with Crippen LogP contribution in [0.25, 0.3) is 11.2 Å². The van der Waals surface area contributed by atoms with E-state index in [0.717, 1.165) is 6.33 Å². The topological polar surface area (TPSA) is 294 Å². The lowest BCUT2D eigenvalue weighted by Gasteiger charge is -2.20. The average Bonchev–Trinajstić information content (AvgIpc) is 3.26. The fourth-order valence-corrected chi connectivity index (χ4v) is 6.33. The summed E-state index contributed by atoms with van der Waals surface area (Å²) in [5.41, 5.74) is 11.1. The average molecular weight is 550 g/mol. The molecule has 2 aromatic rings. The molecule has 1 saturated heterocycles. The highest BCUT2D eigenvalue weighted by molar-refractivity contribution is 7.66. The molecule has 3 unspecified atom stereocenters. The fourth-order valence-electron chi connectivity index (χ4n) is 2.81. The number of aromatic nitrogens is 4. The molecular weight excluding hydrogens is 529 g/mol. The van der Waals surface area contributed by atoms with Gasteiger partial charge >= 0.3 is 23.5 Å². The van der Waals surface area contributed by atoms with Crippen LogP contribution in [0, 0.1) is 0 Å². The summed E-state index contributed by atoms with van der Waals surface area (Å²) in [6.45, 7) is -1.71. The normalized spacial score (nSPS) is 28.4. The summed E-state index contributed by atoms with van der Waals surface area (Å²) >= 11 is 0. The molecule has 7 atom stereocenters. The summed E-state index contributed by atoms with van der Waals surface area (Å²) in [7, 11) is -16.3. The smallest absolute Gasteiger partial charge is 0.387 e. The molecule has 34 heavy (non-hydrogen) atoms. The van der Waals surface area contributed by atoms with Crippen molar-refractivity contribution in [2.75, 3.05) is 25.5 Å². The van der Waals surface area contributed by atoms with Crippen molar-refractivity contribution in [3.63, 3.8) is 0 Å². The van der Waals surface area contributed by atoms with E-state index in [-0.39, 0.29) is 23.5 Å². The molecule has 3 heterocycles. The van der Waals surface area contributed by atoms with Gasteiger partial charge in [-0.25, -0.2) is 28.6 Å². The predicted octanol–water partition coefficient (Wildman–Crippen LogP) is -1.65. The fraction of sp³-hybridized carbons (Fsp3) is 0.583. The number of phosphoric ester groups is 2. The number of hydrogen-bond donors (Lipinski definition) is 7. The van der Waals surface area contributed by atoms with E-state index in [0.29, 0.717) is 0 Å². The highest BCUT2D eigenvalue weighted by atomic mass is 31.3. The second-order valence-corrected chi connectivity index (χ2v) is 11.3. The minimum atomic E-state index is -5.66. The van der Waals surface area contributed by atoms with Gasteiger partial charge in [0.25, 0.3) is 0 Å². The third-order valence-corrected chi connectivity index (χ3v) is 8.47. The maximum Gasteiger partial charge on any atom is 0.490 e. The number of aliphatic hydroxyl groups excluding tert-OH is 2. The number of ether oxygens (including phenoxy) is 1. The van der Waals surface area contributed by atoms with Crippen LogP contribution >= 0.6 is 23.5 Å². The zero-order valence-corrected chi connectivity index (χ0v) is 19.6. The number of hydrogen-bond acceptors (Lipinski definition) is 15. The number of anilines is 1. The van der Waals surface area contributed by atoms with Crippen molar-refractivity contribution in [2.45, 2.75) is 24.5 Å². The number of nitrogens with two attached hydrogens (primary N) is 2. The van der Waals surface area contributed by atoms with Crippen LogP contribution in [0.4, 0.5) is 5.82 Å². The highest BCUT2D eigenvalue weighted by Crippen LogP contribution is 2.67. The molecule has 0 saturated carbocycles. The number of phosphoric acid groups is 3. The van der Waals surface area contributed by atoms with Crippen molar-refractivity contribution in [3.05, 3.63) is 12.7 Å². The van der Waals surface area contributed by atoms with Crippen molar-refractivity contribution < 1.29 is 61.0 Å². The van der Waals surface area contributed by atoms with Gasteiger partial charge < -0.3 is 41.1 Å². The van der Waals surface area contributed by atoms with E-state index < -0.39 is 61.2 Å². The number of fused-ring (bicyclic) bond motifs is 1. The van der Waals surface area contributed by atoms with E-state index in [1.807, 2.05) is 0 Å². The summed E-state index contributed by atoms with van der Waals surface area (Å²) in [5.74, 6) is 0.0477. The third-order valence-electron chi connectivity index (χ3n) is 4.19. The third kappa shape index (κ3) is 6.42. The standard InChI is InChI=1S/C12H21N6O13P3/c13-1-2-27-32(21,22)30-34(25,26)31-33(23,24)28-3-6-8(19)9(20)12(29-6)18-5-17-7-10(14)15-4-16-11(7)18/h4-6,8-9,12,19-20H,1-3,13H2,(H,21,22)(H,23,24)(H,25,26)(H2,14,15,16)/t6-,8-,9-,12-/m1/s1. The van der Waals surface area contributed by atoms with Crippen LogP contribution in [-0.2, 0) is 36.1 Å². The molecule has 0 aromatic carbocycles. The second kappa shape index (κ2) is 10.3. The van der Waals surface area contributed by atoms with Gasteiger partial charge in [0, 0.05) is 6.54 Å². The van der Waals surface area contributed by atoms with E-state index in [4.69, 9.17) is 16.2 Å². The quantitative estimate of drug-likeness (QED) is 0.154. The van der Waals surface area contributed by atoms with Crippen molar-refractivity contribution >= 4 is 40.4 Å². The van der Waals surface area contributed by atoms with Gasteiger partial charge in [-0.05, 0) is 0 Å². The molecular formula is C12H21N6O13P3. The Kier molecular flexibility index (Phi) is 8.24. The van der Waals surface area contributed by atoms with E-state index in [1.165, 1.54) is 10.9 Å². The van der Waals surface area contributed by atoms with Gasteiger partial charge in [0.15, 0.2) is 17.7 Å². The Hall–Kier alpha value is -1.40. The number of nitrogen functional groups attached to an aromatic ring is 1. The highest BCUT2D eigenvalue weighted by Gasteiger charge is 2.47. The van der Waals surface area contributed by atoms with Crippen LogP contribution in [0.3, 0.4) is 0 Å². The van der Waals surface area contributed by atoms with E-state index >= 15 is 0 Å². The Morgan fingerprint density at radius 1 is 1.00 bits per heavy atom. The van der Waals surface area contributed by atoms with Crippen LogP contribution < -0.4 is 11.5 Å². The van der Waals surface area contributed by atoms with Gasteiger partial charge in [-0.1, -0.05) is 0 Å². The minimum absolute atomic E-state index is 0.0477. The number of nitrogens with zero attached hydrogens (tertiary/aromatic N) is 4. The van der Waals surface area contributed by atoms with Crippen molar-refractivity contribution in [1.29, 1.82) is 0 Å². The molecule has 0 spiro atoms. The zero-order valence-electron chi connectivity index (χ0n) is 16.9. The molecule has 1 fully saturated rings. The lowest BCUT2D eigenvalue weighted by Crippen LogP contribution is -2.33. The van der Waals surface area contributed by atoms with Crippen LogP contribution in [-0.4, -0.2) is 82.5 Å². The second-order valence-electron chi connectivity index (χ2n) is 6.62. The van der Waals surface area contributed by atoms with Crippen molar-refractivity contribution in [3.8, 4) is 0 Å². The molecule has 0 aliphatic carbocycles. The van der Waals surface area contributed by atoms with Crippen molar-refractivity contribution in [1.82, 2.24) is 19.5 Å². The van der Waals surface area contributed by atoms with Gasteiger partial charge in [0.2, 0.25) is 0 Å². The molecule has 192 valence electrons. The molecule has 0 amide bonds. The van der Waals surface area contributed by atoms with Crippen molar-refractivity contribution in [2.24, 2.45) is 5.73 Å². The lowest BCUT2D eigenvalue weighted by molar-refractivity contribution is -0.0503. The number of rotatable bonds is 11. The summed E-state index contributed by atoms with van der Waals surface area (Å²) in [4.78, 5) is 40.2. The number of aliphatic hydroxyl groups is 2. The van der Waals surface area contributed by atoms with Gasteiger partial charge in [-0.2, -0.15) is 8.62 Å². The maximum atomic E-state index is 12.0. The first-order valence-electron chi connectivity index (χ1n) is 9.10. The first kappa shape index (κ1) is 27.2. The first-order valence-corrected chi connectivity index (χ1v) is 13.6. The Balaban J connectivity index is 1.64. The van der Waals surface area contributed by atoms with Crippen LogP contribution in [0.1, 0.15) is 6.23 Å². The molecule has 9 N–H and O–H groups in total. The summed E-state index contributed by atoms with van der Waals surface area (Å²) in [6.07, 6.45) is -3.64. The maximum absolute atomic E-state index is 12.0. The van der Waals surface area contributed by atoms with Gasteiger partial charge in [0.1, 0.15) is 30.2 Å². The SMILES string of the molecule is NCCOP(=O)(O)OP(=O)(O)OP(=O)(O)OC[C@H]1O[C@@H](n2cnc3c(N)ncnc32)[C@H](O)[C@@H]1O. The number of imidazole rings is 1. The van der Waals surface area contributed by atoms with E-state index in [9.17, 15) is 38.6 Å². The molecule has 0 bridgehead atoms. The summed E-state index contributed by atoms with van der Waals surface area (Å²) in [5, 5.41) is 20.6. The largest absolute Gasteiger partial charge is 0.490 e. The minimum Gasteiger partial charge on any atom is -0.387 e.